The molecule has 0 unspecified atom stereocenters. The first-order chi connectivity index (χ1) is 11.7. The second-order valence-electron chi connectivity index (χ2n) is 7.63. The zero-order valence-electron chi connectivity index (χ0n) is 14.4. The summed E-state index contributed by atoms with van der Waals surface area (Å²) in [7, 11) is 1.81. The average Bonchev–Trinajstić information content (AvgIpc) is 3.14. The number of likely N-dealkylation sites (tertiary alicyclic amines) is 2. The highest BCUT2D eigenvalue weighted by Crippen LogP contribution is 2.44. The molecule has 5 nitrogen and oxygen atoms in total. The van der Waals surface area contributed by atoms with Gasteiger partial charge >= 0.3 is 0 Å². The monoisotopic (exact) mass is 349 g/mol. The molecule has 1 spiro atoms. The van der Waals surface area contributed by atoms with Crippen molar-refractivity contribution in [2.45, 2.75) is 50.1 Å². The van der Waals surface area contributed by atoms with Gasteiger partial charge in [0.25, 0.3) is 5.91 Å². The third kappa shape index (κ3) is 3.11. The molecule has 0 N–H and O–H groups in total. The number of piperidine rings is 1. The fraction of sp³-hybridized carbons (Fsp3) is 0.778. The van der Waals surface area contributed by atoms with Gasteiger partial charge in [-0.25, -0.2) is 4.98 Å². The smallest absolute Gasteiger partial charge is 0.273 e. The van der Waals surface area contributed by atoms with Gasteiger partial charge in [0, 0.05) is 43.7 Å². The van der Waals surface area contributed by atoms with Crippen LogP contribution in [0.4, 0.5) is 0 Å². The third-order valence-corrected chi connectivity index (χ3v) is 6.72. The van der Waals surface area contributed by atoms with Crippen molar-refractivity contribution in [3.05, 3.63) is 16.6 Å². The Balaban J connectivity index is 1.43. The third-order valence-electron chi connectivity index (χ3n) is 6.14. The minimum atomic E-state index is 0.103. The maximum absolute atomic E-state index is 12.5. The van der Waals surface area contributed by atoms with E-state index in [1.807, 2.05) is 17.4 Å². The van der Waals surface area contributed by atoms with Gasteiger partial charge in [-0.1, -0.05) is 0 Å². The molecule has 1 aliphatic carbocycles. The van der Waals surface area contributed by atoms with Crippen LogP contribution >= 0.6 is 11.3 Å². The van der Waals surface area contributed by atoms with Crippen molar-refractivity contribution in [3.8, 4) is 0 Å². The number of thiazole rings is 1. The van der Waals surface area contributed by atoms with E-state index in [0.717, 1.165) is 38.5 Å². The molecule has 4 rings (SSSR count). The normalized spacial score (nSPS) is 27.0. The lowest BCUT2D eigenvalue weighted by Crippen LogP contribution is -2.56. The lowest BCUT2D eigenvalue weighted by Gasteiger charge is -2.46. The number of ether oxygens (including phenoxy) is 1. The molecule has 1 saturated carbocycles. The van der Waals surface area contributed by atoms with Crippen molar-refractivity contribution in [3.63, 3.8) is 0 Å². The van der Waals surface area contributed by atoms with Crippen molar-refractivity contribution >= 4 is 17.2 Å². The number of carbonyl (C=O) groups excluding carboxylic acids is 1. The van der Waals surface area contributed by atoms with E-state index in [1.54, 1.807) is 5.51 Å². The van der Waals surface area contributed by atoms with Gasteiger partial charge in [0.2, 0.25) is 0 Å². The van der Waals surface area contributed by atoms with Gasteiger partial charge in [0.15, 0.2) is 0 Å². The molecule has 0 aromatic carbocycles. The summed E-state index contributed by atoms with van der Waals surface area (Å²) in [6.45, 7) is 3.79. The largest absolute Gasteiger partial charge is 0.383 e. The molecular weight excluding hydrogens is 322 g/mol. The van der Waals surface area contributed by atoms with Crippen LogP contribution in [0, 0.1) is 5.92 Å². The quantitative estimate of drug-likeness (QED) is 0.820. The first-order valence-electron chi connectivity index (χ1n) is 9.15. The summed E-state index contributed by atoms with van der Waals surface area (Å²) in [6.07, 6.45) is 7.46. The van der Waals surface area contributed by atoms with Crippen LogP contribution in [-0.4, -0.2) is 65.6 Å². The zero-order chi connectivity index (χ0) is 16.6. The van der Waals surface area contributed by atoms with Crippen LogP contribution in [-0.2, 0) is 4.74 Å². The second kappa shape index (κ2) is 6.73. The lowest BCUT2D eigenvalue weighted by atomic mass is 9.84. The Morgan fingerprint density at radius 3 is 2.75 bits per heavy atom. The van der Waals surface area contributed by atoms with Gasteiger partial charge in [-0.15, -0.1) is 11.3 Å². The molecule has 24 heavy (non-hydrogen) atoms. The van der Waals surface area contributed by atoms with Crippen LogP contribution in [0.5, 0.6) is 0 Å². The molecule has 3 fully saturated rings. The number of hydrogen-bond donors (Lipinski definition) is 0. The topological polar surface area (TPSA) is 45.7 Å². The fourth-order valence-corrected chi connectivity index (χ4v) is 5.08. The van der Waals surface area contributed by atoms with E-state index in [0.29, 0.717) is 17.3 Å². The summed E-state index contributed by atoms with van der Waals surface area (Å²) in [4.78, 5) is 21.5. The summed E-state index contributed by atoms with van der Waals surface area (Å²) >= 11 is 1.49. The van der Waals surface area contributed by atoms with E-state index in [4.69, 9.17) is 4.74 Å². The van der Waals surface area contributed by atoms with E-state index in [9.17, 15) is 4.79 Å². The van der Waals surface area contributed by atoms with Gasteiger partial charge in [0.1, 0.15) is 5.69 Å². The van der Waals surface area contributed by atoms with Gasteiger partial charge < -0.3 is 9.64 Å². The van der Waals surface area contributed by atoms with E-state index >= 15 is 0 Å². The van der Waals surface area contributed by atoms with Crippen molar-refractivity contribution in [2.75, 3.05) is 33.4 Å². The maximum Gasteiger partial charge on any atom is 0.273 e. The van der Waals surface area contributed by atoms with Crippen molar-refractivity contribution < 1.29 is 9.53 Å². The molecule has 132 valence electrons. The van der Waals surface area contributed by atoms with Gasteiger partial charge in [0.05, 0.1) is 12.1 Å². The van der Waals surface area contributed by atoms with Crippen LogP contribution in [0.1, 0.15) is 49.0 Å². The first-order valence-corrected chi connectivity index (χ1v) is 10.1. The predicted octanol–water partition coefficient (Wildman–Crippen LogP) is 2.64. The minimum absolute atomic E-state index is 0.103. The molecule has 2 aliphatic heterocycles. The van der Waals surface area contributed by atoms with E-state index in [1.165, 1.54) is 43.6 Å². The summed E-state index contributed by atoms with van der Waals surface area (Å²) in [5.74, 6) is 1.00. The Morgan fingerprint density at radius 1 is 1.33 bits per heavy atom. The average molecular weight is 350 g/mol. The number of rotatable bonds is 5. The number of hydrogen-bond acceptors (Lipinski definition) is 5. The standard InChI is InChI=1S/C18H27N3O2S/c1-23-11-15-4-5-18(21(15)10-14-2-3-14)6-8-20(9-7-18)17(22)16-12-24-13-19-16/h12-15H,2-11H2,1H3/t15-/m1/s1. The molecular formula is C18H27N3O2S. The zero-order valence-corrected chi connectivity index (χ0v) is 15.3. The molecule has 1 aromatic heterocycles. The molecule has 2 saturated heterocycles. The molecule has 1 aromatic rings. The van der Waals surface area contributed by atoms with Crippen LogP contribution in [0.15, 0.2) is 10.9 Å². The summed E-state index contributed by atoms with van der Waals surface area (Å²) in [5, 5.41) is 1.86. The van der Waals surface area contributed by atoms with Crippen LogP contribution in [0.25, 0.3) is 0 Å². The second-order valence-corrected chi connectivity index (χ2v) is 8.35. The molecule has 3 heterocycles. The number of nitrogens with zero attached hydrogens (tertiary/aromatic N) is 3. The number of amides is 1. The highest BCUT2D eigenvalue weighted by molar-refractivity contribution is 7.07. The number of methoxy groups -OCH3 is 1. The first kappa shape index (κ1) is 16.5. The van der Waals surface area contributed by atoms with Crippen LogP contribution in [0.2, 0.25) is 0 Å². The Morgan fingerprint density at radius 2 is 2.12 bits per heavy atom. The van der Waals surface area contributed by atoms with E-state index in [-0.39, 0.29) is 5.91 Å². The van der Waals surface area contributed by atoms with Gasteiger partial charge in [-0.05, 0) is 44.4 Å². The summed E-state index contributed by atoms with van der Waals surface area (Å²) in [6, 6.07) is 0.566. The SMILES string of the molecule is COC[C@H]1CCC2(CCN(C(=O)c3cscn3)CC2)N1CC1CC1. The highest BCUT2D eigenvalue weighted by Gasteiger charge is 2.49. The number of carbonyl (C=O) groups is 1. The number of aromatic nitrogens is 1. The van der Waals surface area contributed by atoms with E-state index in [2.05, 4.69) is 9.88 Å². The predicted molar refractivity (Wildman–Crippen MR) is 94.3 cm³/mol. The minimum Gasteiger partial charge on any atom is -0.383 e. The van der Waals surface area contributed by atoms with Crippen LogP contribution < -0.4 is 0 Å². The van der Waals surface area contributed by atoms with Crippen molar-refractivity contribution in [1.29, 1.82) is 0 Å². The lowest BCUT2D eigenvalue weighted by molar-refractivity contribution is 0.00899. The Labute approximate surface area is 148 Å². The highest BCUT2D eigenvalue weighted by atomic mass is 32.1. The Bertz CT molecular complexity index is 565. The fourth-order valence-electron chi connectivity index (χ4n) is 4.55. The molecule has 3 aliphatic rings. The summed E-state index contributed by atoms with van der Waals surface area (Å²) in [5.41, 5.74) is 2.64. The summed E-state index contributed by atoms with van der Waals surface area (Å²) < 4.78 is 5.49. The Kier molecular flexibility index (Phi) is 4.62. The van der Waals surface area contributed by atoms with Crippen molar-refractivity contribution in [2.24, 2.45) is 5.92 Å². The molecule has 0 radical (unpaired) electrons. The molecule has 6 heteroatoms. The molecule has 0 bridgehead atoms. The molecule has 1 atom stereocenters. The maximum atomic E-state index is 12.5. The van der Waals surface area contributed by atoms with Gasteiger partial charge in [-0.3, -0.25) is 9.69 Å². The Hall–Kier alpha value is -0.980. The van der Waals surface area contributed by atoms with Crippen molar-refractivity contribution in [1.82, 2.24) is 14.8 Å². The molecule has 1 amide bonds. The van der Waals surface area contributed by atoms with Crippen LogP contribution in [0.3, 0.4) is 0 Å². The van der Waals surface area contributed by atoms with E-state index < -0.39 is 0 Å². The van der Waals surface area contributed by atoms with Gasteiger partial charge in [-0.2, -0.15) is 0 Å².